The highest BCUT2D eigenvalue weighted by atomic mass is 16.4. The summed E-state index contributed by atoms with van der Waals surface area (Å²) in [4.78, 5) is 27.4. The Labute approximate surface area is 116 Å². The molecule has 2 heterocycles. The minimum Gasteiger partial charge on any atom is -0.480 e. The predicted octanol–water partition coefficient (Wildman–Crippen LogP) is 1.56. The van der Waals surface area contributed by atoms with Gasteiger partial charge in [-0.15, -0.1) is 0 Å². The van der Waals surface area contributed by atoms with Crippen LogP contribution < -0.4 is 5.32 Å². The molecule has 0 radical (unpaired) electrons. The fourth-order valence-corrected chi connectivity index (χ4v) is 1.97. The van der Waals surface area contributed by atoms with Crippen LogP contribution in [0.3, 0.4) is 0 Å². The molecule has 6 nitrogen and oxygen atoms in total. The highest BCUT2D eigenvalue weighted by Crippen LogP contribution is 2.08. The summed E-state index contributed by atoms with van der Waals surface area (Å²) in [5.41, 5.74) is 0.861. The first-order valence-corrected chi connectivity index (χ1v) is 6.44. The number of nitrogens with one attached hydrogen (secondary N) is 1. The van der Waals surface area contributed by atoms with E-state index in [0.29, 0.717) is 12.1 Å². The van der Waals surface area contributed by atoms with E-state index in [-0.39, 0.29) is 11.6 Å². The zero-order chi connectivity index (χ0) is 14.7. The van der Waals surface area contributed by atoms with Gasteiger partial charge in [0.25, 0.3) is 5.91 Å². The van der Waals surface area contributed by atoms with Gasteiger partial charge in [0.2, 0.25) is 0 Å². The van der Waals surface area contributed by atoms with Gasteiger partial charge in [-0.05, 0) is 24.5 Å². The quantitative estimate of drug-likeness (QED) is 0.867. The summed E-state index contributed by atoms with van der Waals surface area (Å²) in [5.74, 6) is -1.32. The maximum absolute atomic E-state index is 12.1. The molecule has 2 aromatic rings. The van der Waals surface area contributed by atoms with Crippen molar-refractivity contribution in [3.8, 4) is 0 Å². The smallest absolute Gasteiger partial charge is 0.326 e. The largest absolute Gasteiger partial charge is 0.480 e. The summed E-state index contributed by atoms with van der Waals surface area (Å²) in [7, 11) is 0. The predicted molar refractivity (Wildman–Crippen MR) is 73.5 cm³/mol. The third-order valence-corrected chi connectivity index (χ3v) is 2.91. The Bertz CT molecular complexity index is 600. The Kier molecular flexibility index (Phi) is 4.02. The van der Waals surface area contributed by atoms with Gasteiger partial charge in [0, 0.05) is 12.4 Å². The molecule has 0 saturated heterocycles. The molecule has 20 heavy (non-hydrogen) atoms. The topological polar surface area (TPSA) is 83.7 Å². The highest BCUT2D eigenvalue weighted by molar-refractivity contribution is 5.95. The summed E-state index contributed by atoms with van der Waals surface area (Å²) >= 11 is 0. The summed E-state index contributed by atoms with van der Waals surface area (Å²) < 4.78 is 1.72. The normalized spacial score (nSPS) is 12.6. The molecule has 106 valence electrons. The van der Waals surface area contributed by atoms with Crippen molar-refractivity contribution >= 4 is 17.5 Å². The Hall–Kier alpha value is -2.37. The van der Waals surface area contributed by atoms with E-state index in [0.717, 1.165) is 0 Å². The van der Waals surface area contributed by atoms with Crippen molar-refractivity contribution in [1.82, 2.24) is 14.7 Å². The van der Waals surface area contributed by atoms with E-state index in [9.17, 15) is 9.59 Å². The van der Waals surface area contributed by atoms with E-state index in [4.69, 9.17) is 5.11 Å². The van der Waals surface area contributed by atoms with Gasteiger partial charge in [0.1, 0.15) is 17.4 Å². The number of imidazole rings is 1. The number of hydrogen-bond acceptors (Lipinski definition) is 3. The van der Waals surface area contributed by atoms with Crippen molar-refractivity contribution in [1.29, 1.82) is 0 Å². The van der Waals surface area contributed by atoms with E-state index in [1.165, 1.54) is 0 Å². The standard InChI is InChI=1S/C14H17N3O3/c1-9(2)7-10(14(19)20)16-13(18)11-8-17-6-4-3-5-12(17)15-11/h3-6,8-10H,7H2,1-2H3,(H,16,18)(H,19,20)/t10-/m0/s1. The van der Waals surface area contributed by atoms with Crippen LogP contribution in [-0.2, 0) is 4.79 Å². The molecule has 2 aromatic heterocycles. The van der Waals surface area contributed by atoms with Crippen LogP contribution in [0.2, 0.25) is 0 Å². The van der Waals surface area contributed by atoms with Gasteiger partial charge in [-0.3, -0.25) is 4.79 Å². The molecular weight excluding hydrogens is 258 g/mol. The summed E-state index contributed by atoms with van der Waals surface area (Å²) in [6.45, 7) is 3.82. The number of aliphatic carboxylic acids is 1. The molecule has 0 fully saturated rings. The molecule has 0 spiro atoms. The molecule has 0 aromatic carbocycles. The highest BCUT2D eigenvalue weighted by Gasteiger charge is 2.22. The Balaban J connectivity index is 2.15. The second-order valence-corrected chi connectivity index (χ2v) is 5.09. The number of fused-ring (bicyclic) bond motifs is 1. The van der Waals surface area contributed by atoms with Gasteiger partial charge >= 0.3 is 5.97 Å². The fourth-order valence-electron chi connectivity index (χ4n) is 1.97. The lowest BCUT2D eigenvalue weighted by Crippen LogP contribution is -2.41. The van der Waals surface area contributed by atoms with E-state index in [1.54, 1.807) is 22.9 Å². The van der Waals surface area contributed by atoms with Crippen molar-refractivity contribution in [2.24, 2.45) is 5.92 Å². The van der Waals surface area contributed by atoms with Crippen LogP contribution in [0, 0.1) is 5.92 Å². The van der Waals surface area contributed by atoms with E-state index in [2.05, 4.69) is 10.3 Å². The van der Waals surface area contributed by atoms with Crippen molar-refractivity contribution in [3.63, 3.8) is 0 Å². The minimum absolute atomic E-state index is 0.178. The van der Waals surface area contributed by atoms with Gasteiger partial charge in [-0.1, -0.05) is 19.9 Å². The summed E-state index contributed by atoms with van der Waals surface area (Å²) in [6.07, 6.45) is 3.75. The number of rotatable bonds is 5. The van der Waals surface area contributed by atoms with Crippen LogP contribution in [0.1, 0.15) is 30.8 Å². The lowest BCUT2D eigenvalue weighted by molar-refractivity contribution is -0.139. The zero-order valence-corrected chi connectivity index (χ0v) is 11.4. The summed E-state index contributed by atoms with van der Waals surface area (Å²) in [5, 5.41) is 11.6. The maximum atomic E-state index is 12.1. The number of carboxylic acid groups (broad SMARTS) is 1. The summed E-state index contributed by atoms with van der Waals surface area (Å²) in [6, 6.07) is 4.53. The van der Waals surface area contributed by atoms with E-state index >= 15 is 0 Å². The lowest BCUT2D eigenvalue weighted by atomic mass is 10.0. The van der Waals surface area contributed by atoms with Gasteiger partial charge in [-0.2, -0.15) is 0 Å². The zero-order valence-electron chi connectivity index (χ0n) is 11.4. The van der Waals surface area contributed by atoms with Gasteiger partial charge in [0.05, 0.1) is 0 Å². The fraction of sp³-hybridized carbons (Fsp3) is 0.357. The van der Waals surface area contributed by atoms with E-state index < -0.39 is 17.9 Å². The second-order valence-electron chi connectivity index (χ2n) is 5.09. The Morgan fingerprint density at radius 3 is 2.75 bits per heavy atom. The van der Waals surface area contributed by atoms with Gasteiger partial charge in [0.15, 0.2) is 0 Å². The van der Waals surface area contributed by atoms with Crippen LogP contribution in [0.4, 0.5) is 0 Å². The third kappa shape index (κ3) is 3.14. The lowest BCUT2D eigenvalue weighted by Gasteiger charge is -2.15. The SMILES string of the molecule is CC(C)C[C@H](NC(=O)c1cn2ccccc2n1)C(=O)O. The van der Waals surface area contributed by atoms with Crippen molar-refractivity contribution in [2.45, 2.75) is 26.3 Å². The minimum atomic E-state index is -1.03. The molecule has 0 bridgehead atoms. The molecule has 1 atom stereocenters. The Morgan fingerprint density at radius 2 is 2.15 bits per heavy atom. The van der Waals surface area contributed by atoms with Crippen LogP contribution in [-0.4, -0.2) is 32.4 Å². The van der Waals surface area contributed by atoms with Crippen molar-refractivity contribution in [3.05, 3.63) is 36.3 Å². The number of pyridine rings is 1. The first-order chi connectivity index (χ1) is 9.47. The molecule has 1 amide bonds. The molecule has 0 unspecified atom stereocenters. The van der Waals surface area contributed by atoms with Crippen molar-refractivity contribution < 1.29 is 14.7 Å². The molecule has 0 aliphatic rings. The molecule has 6 heteroatoms. The Morgan fingerprint density at radius 1 is 1.40 bits per heavy atom. The number of amides is 1. The first-order valence-electron chi connectivity index (χ1n) is 6.44. The van der Waals surface area contributed by atoms with E-state index in [1.807, 2.05) is 26.0 Å². The number of carboxylic acids is 1. The number of carbonyl (C=O) groups is 2. The van der Waals surface area contributed by atoms with Crippen LogP contribution >= 0.6 is 0 Å². The van der Waals surface area contributed by atoms with Crippen LogP contribution in [0.15, 0.2) is 30.6 Å². The molecule has 2 rings (SSSR count). The maximum Gasteiger partial charge on any atom is 0.326 e. The molecule has 0 aliphatic heterocycles. The molecular formula is C14H17N3O3. The van der Waals surface area contributed by atoms with Crippen LogP contribution in [0.5, 0.6) is 0 Å². The van der Waals surface area contributed by atoms with Gasteiger partial charge < -0.3 is 14.8 Å². The monoisotopic (exact) mass is 275 g/mol. The number of nitrogens with zero attached hydrogens (tertiary/aromatic N) is 2. The number of aromatic nitrogens is 2. The number of hydrogen-bond donors (Lipinski definition) is 2. The average Bonchev–Trinajstić information content (AvgIpc) is 2.81. The third-order valence-electron chi connectivity index (χ3n) is 2.91. The second kappa shape index (κ2) is 5.73. The molecule has 2 N–H and O–H groups in total. The molecule has 0 saturated carbocycles. The molecule has 0 aliphatic carbocycles. The van der Waals surface area contributed by atoms with Gasteiger partial charge in [-0.25, -0.2) is 9.78 Å². The average molecular weight is 275 g/mol. The number of carbonyl (C=O) groups excluding carboxylic acids is 1. The van der Waals surface area contributed by atoms with Crippen LogP contribution in [0.25, 0.3) is 5.65 Å². The van der Waals surface area contributed by atoms with Crippen molar-refractivity contribution in [2.75, 3.05) is 0 Å². The first kappa shape index (κ1) is 14.0.